The highest BCUT2D eigenvalue weighted by molar-refractivity contribution is 5.73. The SMILES string of the molecule is COc1cc([C@H]2C(C#N)=C(N)Oc3n[nH]c(-c4cccc([N+](=O)[O-])c4)c32)cc([N+](=O)[O-])c1O. The Morgan fingerprint density at radius 2 is 2.03 bits per heavy atom. The Morgan fingerprint density at radius 3 is 2.67 bits per heavy atom. The highest BCUT2D eigenvalue weighted by Crippen LogP contribution is 2.49. The summed E-state index contributed by atoms with van der Waals surface area (Å²) in [4.78, 5) is 21.4. The van der Waals surface area contributed by atoms with Crippen molar-refractivity contribution < 1.29 is 24.4 Å². The van der Waals surface area contributed by atoms with Crippen molar-refractivity contribution in [2.45, 2.75) is 5.92 Å². The highest BCUT2D eigenvalue weighted by Gasteiger charge is 2.37. The second-order valence-electron chi connectivity index (χ2n) is 6.90. The van der Waals surface area contributed by atoms with Gasteiger partial charge in [-0.05, 0) is 11.6 Å². The first kappa shape index (κ1) is 21.1. The molecule has 1 aromatic heterocycles. The molecule has 0 saturated carbocycles. The summed E-state index contributed by atoms with van der Waals surface area (Å²) in [5.41, 5.74) is 6.14. The van der Waals surface area contributed by atoms with Gasteiger partial charge in [-0.25, -0.2) is 0 Å². The minimum Gasteiger partial charge on any atom is -0.500 e. The number of hydrogen-bond donors (Lipinski definition) is 3. The molecule has 0 spiro atoms. The van der Waals surface area contributed by atoms with Crippen LogP contribution in [0.4, 0.5) is 11.4 Å². The fourth-order valence-corrected chi connectivity index (χ4v) is 3.65. The molecule has 0 amide bonds. The number of phenols is 1. The Morgan fingerprint density at radius 1 is 1.27 bits per heavy atom. The number of benzene rings is 2. The zero-order valence-corrected chi connectivity index (χ0v) is 16.8. The third kappa shape index (κ3) is 3.41. The first-order valence-electron chi connectivity index (χ1n) is 9.22. The fraction of sp³-hybridized carbons (Fsp3) is 0.100. The fourth-order valence-electron chi connectivity index (χ4n) is 3.65. The first-order valence-corrected chi connectivity index (χ1v) is 9.22. The van der Waals surface area contributed by atoms with Crippen molar-refractivity contribution in [3.8, 4) is 34.7 Å². The molecule has 4 rings (SSSR count). The molecule has 33 heavy (non-hydrogen) atoms. The number of nitro benzene ring substituents is 2. The molecule has 4 N–H and O–H groups in total. The monoisotopic (exact) mass is 450 g/mol. The van der Waals surface area contributed by atoms with E-state index in [2.05, 4.69) is 10.2 Å². The number of nitrogens with one attached hydrogen (secondary N) is 1. The third-order valence-corrected chi connectivity index (χ3v) is 5.11. The van der Waals surface area contributed by atoms with Crippen LogP contribution < -0.4 is 15.2 Å². The normalized spacial score (nSPS) is 14.7. The van der Waals surface area contributed by atoms with Gasteiger partial charge in [0.1, 0.15) is 11.6 Å². The van der Waals surface area contributed by atoms with Crippen molar-refractivity contribution in [3.05, 3.63) is 79.2 Å². The smallest absolute Gasteiger partial charge is 0.314 e. The van der Waals surface area contributed by atoms with Crippen molar-refractivity contribution >= 4 is 11.4 Å². The summed E-state index contributed by atoms with van der Waals surface area (Å²) < 4.78 is 10.5. The lowest BCUT2D eigenvalue weighted by atomic mass is 9.82. The Balaban J connectivity index is 2.00. The Labute approximate surface area is 184 Å². The van der Waals surface area contributed by atoms with Crippen LogP contribution in [0, 0.1) is 31.6 Å². The van der Waals surface area contributed by atoms with Gasteiger partial charge >= 0.3 is 5.69 Å². The molecule has 13 heteroatoms. The number of methoxy groups -OCH3 is 1. The number of nitrogens with zero attached hydrogens (tertiary/aromatic N) is 4. The van der Waals surface area contributed by atoms with Crippen LogP contribution in [0.5, 0.6) is 17.4 Å². The summed E-state index contributed by atoms with van der Waals surface area (Å²) in [6.45, 7) is 0. The number of rotatable bonds is 5. The van der Waals surface area contributed by atoms with E-state index in [-0.39, 0.29) is 45.6 Å². The Kier molecular flexibility index (Phi) is 5.03. The molecule has 1 aliphatic heterocycles. The van der Waals surface area contributed by atoms with Gasteiger partial charge in [-0.2, -0.15) is 5.26 Å². The van der Waals surface area contributed by atoms with Gasteiger partial charge in [-0.1, -0.05) is 12.1 Å². The molecule has 3 aromatic rings. The van der Waals surface area contributed by atoms with E-state index in [9.17, 15) is 30.6 Å². The van der Waals surface area contributed by atoms with E-state index in [0.29, 0.717) is 5.56 Å². The summed E-state index contributed by atoms with van der Waals surface area (Å²) in [5, 5.41) is 49.5. The predicted molar refractivity (Wildman–Crippen MR) is 111 cm³/mol. The first-order chi connectivity index (χ1) is 15.8. The molecule has 0 unspecified atom stereocenters. The van der Waals surface area contributed by atoms with Crippen molar-refractivity contribution in [1.29, 1.82) is 5.26 Å². The number of aromatic hydroxyl groups is 1. The maximum atomic E-state index is 11.5. The minimum atomic E-state index is -1.01. The molecule has 2 aromatic carbocycles. The maximum Gasteiger partial charge on any atom is 0.314 e. The van der Waals surface area contributed by atoms with E-state index >= 15 is 0 Å². The van der Waals surface area contributed by atoms with E-state index in [1.165, 1.54) is 31.4 Å². The van der Waals surface area contributed by atoms with Gasteiger partial charge in [0.2, 0.25) is 17.5 Å². The lowest BCUT2D eigenvalue weighted by molar-refractivity contribution is -0.386. The number of phenolic OH excluding ortho intramolecular Hbond substituents is 1. The number of nitriles is 1. The number of nitro groups is 2. The maximum absolute atomic E-state index is 11.5. The van der Waals surface area contributed by atoms with E-state index in [4.69, 9.17) is 15.2 Å². The number of aromatic amines is 1. The zero-order valence-electron chi connectivity index (χ0n) is 16.8. The summed E-state index contributed by atoms with van der Waals surface area (Å²) in [6, 6.07) is 10.0. The van der Waals surface area contributed by atoms with Crippen LogP contribution in [0.1, 0.15) is 17.0 Å². The van der Waals surface area contributed by atoms with Gasteiger partial charge in [-0.3, -0.25) is 25.3 Å². The molecule has 13 nitrogen and oxygen atoms in total. The second-order valence-corrected chi connectivity index (χ2v) is 6.90. The molecule has 2 heterocycles. The van der Waals surface area contributed by atoms with Crippen LogP contribution in [-0.4, -0.2) is 32.3 Å². The molecule has 166 valence electrons. The van der Waals surface area contributed by atoms with Crippen LogP contribution in [0.2, 0.25) is 0 Å². The van der Waals surface area contributed by atoms with Crippen molar-refractivity contribution in [2.24, 2.45) is 5.73 Å². The molecule has 1 aliphatic rings. The number of allylic oxidation sites excluding steroid dienone is 1. The van der Waals surface area contributed by atoms with E-state index in [1.807, 2.05) is 6.07 Å². The molecular weight excluding hydrogens is 436 g/mol. The number of hydrogen-bond acceptors (Lipinski definition) is 10. The predicted octanol–water partition coefficient (Wildman–Crippen LogP) is 2.83. The lowest BCUT2D eigenvalue weighted by Gasteiger charge is -2.24. The van der Waals surface area contributed by atoms with Crippen molar-refractivity contribution in [1.82, 2.24) is 10.2 Å². The summed E-state index contributed by atoms with van der Waals surface area (Å²) in [7, 11) is 1.22. The van der Waals surface area contributed by atoms with Crippen LogP contribution >= 0.6 is 0 Å². The van der Waals surface area contributed by atoms with E-state index in [0.717, 1.165) is 6.07 Å². The summed E-state index contributed by atoms with van der Waals surface area (Å²) >= 11 is 0. The number of H-pyrrole nitrogens is 1. The van der Waals surface area contributed by atoms with Crippen LogP contribution in [0.25, 0.3) is 11.3 Å². The van der Waals surface area contributed by atoms with Gasteiger partial charge in [0.05, 0.1) is 34.1 Å². The van der Waals surface area contributed by atoms with Gasteiger partial charge in [0.15, 0.2) is 5.75 Å². The average molecular weight is 450 g/mol. The zero-order chi connectivity index (χ0) is 23.9. The standard InChI is InChI=1S/C20H14N6O7/c1-32-14-7-10(6-13(18(14)27)26(30)31)15-12(8-21)19(22)33-20-16(15)17(23-24-20)9-3-2-4-11(5-9)25(28)29/h2-7,15,27H,22H2,1H3,(H,23,24)/t15-/m0/s1. The van der Waals surface area contributed by atoms with Crippen LogP contribution in [0.3, 0.4) is 0 Å². The quantitative estimate of drug-likeness (QED) is 0.383. The molecule has 0 fully saturated rings. The Bertz CT molecular complexity index is 1390. The molecule has 0 bridgehead atoms. The van der Waals surface area contributed by atoms with Gasteiger partial charge < -0.3 is 20.3 Å². The molecular formula is C20H14N6O7. The molecule has 0 radical (unpaired) electrons. The van der Waals surface area contributed by atoms with Crippen molar-refractivity contribution in [3.63, 3.8) is 0 Å². The number of non-ortho nitro benzene ring substituents is 1. The van der Waals surface area contributed by atoms with Crippen LogP contribution in [-0.2, 0) is 0 Å². The second kappa shape index (κ2) is 7.85. The highest BCUT2D eigenvalue weighted by atomic mass is 16.6. The minimum absolute atomic E-state index is 0.00676. The number of ether oxygens (including phenoxy) is 2. The van der Waals surface area contributed by atoms with E-state index in [1.54, 1.807) is 6.07 Å². The lowest BCUT2D eigenvalue weighted by Crippen LogP contribution is -2.21. The van der Waals surface area contributed by atoms with Gasteiger partial charge in [0.25, 0.3) is 5.69 Å². The van der Waals surface area contributed by atoms with Crippen LogP contribution in [0.15, 0.2) is 47.9 Å². The number of nitrogens with two attached hydrogens (primary N) is 1. The van der Waals surface area contributed by atoms with Crippen molar-refractivity contribution in [2.75, 3.05) is 7.11 Å². The number of fused-ring (bicyclic) bond motifs is 1. The summed E-state index contributed by atoms with van der Waals surface area (Å²) in [6.07, 6.45) is 0. The van der Waals surface area contributed by atoms with Gasteiger partial charge in [-0.15, -0.1) is 5.10 Å². The average Bonchev–Trinajstić information content (AvgIpc) is 3.21. The van der Waals surface area contributed by atoms with Gasteiger partial charge in [0, 0.05) is 23.8 Å². The summed E-state index contributed by atoms with van der Waals surface area (Å²) in [5.74, 6) is -2.15. The third-order valence-electron chi connectivity index (χ3n) is 5.11. The topological polar surface area (TPSA) is 203 Å². The number of aromatic nitrogens is 2. The molecule has 1 atom stereocenters. The van der Waals surface area contributed by atoms with E-state index < -0.39 is 27.2 Å². The Hall–Kier alpha value is -5.12. The largest absolute Gasteiger partial charge is 0.500 e. The molecule has 0 saturated heterocycles. The molecule has 0 aliphatic carbocycles.